The van der Waals surface area contributed by atoms with Crippen molar-refractivity contribution in [3.05, 3.63) is 0 Å². The molecule has 0 spiro atoms. The maximum atomic E-state index is 12.5. The third kappa shape index (κ3) is 5.97. The Kier molecular flexibility index (Phi) is 9.79. The first-order valence-corrected chi connectivity index (χ1v) is 15.1. The normalized spacial score (nSPS) is 40.7. The fourth-order valence-corrected chi connectivity index (χ4v) is 9.53. The second-order valence-electron chi connectivity index (χ2n) is 13.2. The van der Waals surface area contributed by atoms with Crippen LogP contribution >= 0.6 is 0 Å². The van der Waals surface area contributed by atoms with Gasteiger partial charge in [-0.2, -0.15) is 0 Å². The first kappa shape index (κ1) is 28.3. The average molecular weight is 507 g/mol. The number of rotatable bonds is 12. The molecule has 0 heterocycles. The maximum absolute atomic E-state index is 12.5. The number of fused-ring (bicyclic) bond motifs is 5. The number of aliphatic hydroxyl groups excluding tert-OH is 1. The smallest absolute Gasteiger partial charge is 0.220 e. The molecule has 6 nitrogen and oxygen atoms in total. The van der Waals surface area contributed by atoms with Crippen molar-refractivity contribution in [2.45, 2.75) is 97.5 Å². The summed E-state index contributed by atoms with van der Waals surface area (Å²) in [6.45, 7) is 10.9. The zero-order valence-electron chi connectivity index (χ0n) is 23.3. The van der Waals surface area contributed by atoms with Crippen molar-refractivity contribution in [2.75, 3.05) is 39.5 Å². The van der Waals surface area contributed by atoms with Gasteiger partial charge in [-0.25, -0.2) is 0 Å². The minimum atomic E-state index is -0.0593. The number of amides is 1. The number of carbonyl (C=O) groups excluding carboxylic acids is 1. The number of aliphatic hydroxyl groups is 1. The second-order valence-corrected chi connectivity index (χ2v) is 13.2. The molecule has 0 aliphatic heterocycles. The molecule has 208 valence electrons. The summed E-state index contributed by atoms with van der Waals surface area (Å²) in [7, 11) is 0. The molecule has 4 fully saturated rings. The van der Waals surface area contributed by atoms with Gasteiger partial charge in [0.25, 0.3) is 0 Å². The molecular weight excluding hydrogens is 452 g/mol. The summed E-state index contributed by atoms with van der Waals surface area (Å²) >= 11 is 0. The van der Waals surface area contributed by atoms with Gasteiger partial charge in [-0.1, -0.05) is 20.8 Å². The lowest BCUT2D eigenvalue weighted by atomic mass is 9.44. The average Bonchev–Trinajstić information content (AvgIpc) is 3.22. The number of hydrogen-bond acceptors (Lipinski definition) is 5. The Hall–Kier alpha value is -0.690. The van der Waals surface area contributed by atoms with Crippen LogP contribution in [0, 0.1) is 46.3 Å². The van der Waals surface area contributed by atoms with Crippen molar-refractivity contribution in [1.29, 1.82) is 0 Å². The van der Waals surface area contributed by atoms with Gasteiger partial charge in [0.1, 0.15) is 0 Å². The summed E-state index contributed by atoms with van der Waals surface area (Å²) in [4.78, 5) is 12.5. The van der Waals surface area contributed by atoms with Gasteiger partial charge in [-0.3, -0.25) is 4.79 Å². The van der Waals surface area contributed by atoms with Crippen LogP contribution in [0.1, 0.15) is 91.4 Å². The van der Waals surface area contributed by atoms with Crippen LogP contribution in [0.5, 0.6) is 0 Å². The highest BCUT2D eigenvalue weighted by atomic mass is 16.5. The van der Waals surface area contributed by atoms with E-state index in [0.717, 1.165) is 48.9 Å². The molecule has 0 bridgehead atoms. The van der Waals surface area contributed by atoms with E-state index in [0.29, 0.717) is 62.7 Å². The second kappa shape index (κ2) is 12.4. The predicted octanol–water partition coefficient (Wildman–Crippen LogP) is 4.53. The molecule has 6 heteroatoms. The molecule has 0 unspecified atom stereocenters. The van der Waals surface area contributed by atoms with E-state index in [9.17, 15) is 9.90 Å². The van der Waals surface area contributed by atoms with E-state index in [-0.39, 0.29) is 12.0 Å². The van der Waals surface area contributed by atoms with Gasteiger partial charge < -0.3 is 25.6 Å². The summed E-state index contributed by atoms with van der Waals surface area (Å²) in [6, 6.07) is 0. The van der Waals surface area contributed by atoms with E-state index in [2.05, 4.69) is 26.1 Å². The SMILES string of the molecule is C[C@H](CCC(=O)NCCOCCOCCN)[C@H]1CC[C@H]2[C@@H]3CC[C@@H]4C[C@H](O)CC[C@]4(C)[C@H]3CC[C@]12C. The molecule has 9 atom stereocenters. The van der Waals surface area contributed by atoms with Gasteiger partial charge in [-0.15, -0.1) is 0 Å². The Balaban J connectivity index is 1.22. The van der Waals surface area contributed by atoms with E-state index >= 15 is 0 Å². The summed E-state index contributed by atoms with van der Waals surface area (Å²) in [5, 5.41) is 13.3. The van der Waals surface area contributed by atoms with Crippen LogP contribution in [-0.2, 0) is 14.3 Å². The summed E-state index contributed by atoms with van der Waals surface area (Å²) < 4.78 is 10.8. The van der Waals surface area contributed by atoms with E-state index in [1.54, 1.807) is 0 Å². The third-order valence-corrected chi connectivity index (χ3v) is 11.4. The van der Waals surface area contributed by atoms with Gasteiger partial charge in [0.15, 0.2) is 0 Å². The lowest BCUT2D eigenvalue weighted by Gasteiger charge is -2.61. The van der Waals surface area contributed by atoms with Crippen LogP contribution in [0.2, 0.25) is 0 Å². The first-order chi connectivity index (χ1) is 17.3. The lowest BCUT2D eigenvalue weighted by Crippen LogP contribution is -2.54. The molecule has 4 rings (SSSR count). The minimum absolute atomic E-state index is 0.0593. The lowest BCUT2D eigenvalue weighted by molar-refractivity contribution is -0.130. The van der Waals surface area contributed by atoms with E-state index in [4.69, 9.17) is 15.2 Å². The summed E-state index contributed by atoms with van der Waals surface area (Å²) in [5.41, 5.74) is 6.28. The van der Waals surface area contributed by atoms with Crippen LogP contribution in [0.25, 0.3) is 0 Å². The Morgan fingerprint density at radius 3 is 2.47 bits per heavy atom. The summed E-state index contributed by atoms with van der Waals surface area (Å²) in [5.74, 6) is 4.81. The number of nitrogens with two attached hydrogens (primary N) is 1. The monoisotopic (exact) mass is 506 g/mol. The van der Waals surface area contributed by atoms with Gasteiger partial charge >= 0.3 is 0 Å². The predicted molar refractivity (Wildman–Crippen MR) is 143 cm³/mol. The molecule has 4 saturated carbocycles. The van der Waals surface area contributed by atoms with Crippen molar-refractivity contribution >= 4 is 5.91 Å². The van der Waals surface area contributed by atoms with Crippen molar-refractivity contribution in [2.24, 2.45) is 52.1 Å². The van der Waals surface area contributed by atoms with Crippen molar-refractivity contribution in [1.82, 2.24) is 5.32 Å². The molecule has 0 aromatic heterocycles. The van der Waals surface area contributed by atoms with Crippen molar-refractivity contribution in [3.63, 3.8) is 0 Å². The fourth-order valence-electron chi connectivity index (χ4n) is 9.53. The highest BCUT2D eigenvalue weighted by Gasteiger charge is 2.60. The fraction of sp³-hybridized carbons (Fsp3) is 0.967. The Morgan fingerprint density at radius 2 is 1.69 bits per heavy atom. The zero-order chi connectivity index (χ0) is 25.8. The molecule has 36 heavy (non-hydrogen) atoms. The Labute approximate surface area is 219 Å². The molecule has 0 radical (unpaired) electrons. The highest BCUT2D eigenvalue weighted by molar-refractivity contribution is 5.75. The topological polar surface area (TPSA) is 93.8 Å². The van der Waals surface area contributed by atoms with Crippen molar-refractivity contribution in [3.8, 4) is 0 Å². The molecule has 1 amide bonds. The van der Waals surface area contributed by atoms with Gasteiger partial charge in [-0.05, 0) is 111 Å². The minimum Gasteiger partial charge on any atom is -0.393 e. The third-order valence-electron chi connectivity index (χ3n) is 11.4. The number of hydrogen-bond donors (Lipinski definition) is 3. The van der Waals surface area contributed by atoms with E-state index < -0.39 is 0 Å². The standard InChI is InChI=1S/C30H54N2O4/c1-21(4-9-28(34)32-15-17-36-19-18-35-16-14-31)25-7-8-26-24-6-5-22-20-23(33)10-12-29(22,2)27(24)11-13-30(25,26)3/h21-27,33H,4-20,31H2,1-3H3,(H,32,34)/t21-,22-,23-,24+,25-,26+,27+,29+,30-/m1/s1. The molecular formula is C30H54N2O4. The quantitative estimate of drug-likeness (QED) is 0.338. The van der Waals surface area contributed by atoms with Crippen molar-refractivity contribution < 1.29 is 19.4 Å². The van der Waals surface area contributed by atoms with Crippen LogP contribution in [0.15, 0.2) is 0 Å². The molecule has 0 aromatic carbocycles. The van der Waals surface area contributed by atoms with E-state index in [1.165, 1.54) is 44.9 Å². The van der Waals surface area contributed by atoms with Crippen LogP contribution in [-0.4, -0.2) is 56.6 Å². The summed E-state index contributed by atoms with van der Waals surface area (Å²) in [6.07, 6.45) is 13.0. The molecule has 4 N–H and O–H groups in total. The highest BCUT2D eigenvalue weighted by Crippen LogP contribution is 2.68. The zero-order valence-corrected chi connectivity index (χ0v) is 23.3. The molecule has 0 aromatic rings. The van der Waals surface area contributed by atoms with Gasteiger partial charge in [0.05, 0.1) is 32.5 Å². The van der Waals surface area contributed by atoms with Crippen LogP contribution in [0.4, 0.5) is 0 Å². The number of nitrogens with one attached hydrogen (secondary N) is 1. The van der Waals surface area contributed by atoms with Gasteiger partial charge in [0, 0.05) is 19.5 Å². The number of ether oxygens (including phenoxy) is 2. The molecule has 4 aliphatic rings. The van der Waals surface area contributed by atoms with Crippen LogP contribution < -0.4 is 11.1 Å². The number of carbonyl (C=O) groups is 1. The maximum Gasteiger partial charge on any atom is 0.220 e. The molecule has 4 aliphatic carbocycles. The first-order valence-electron chi connectivity index (χ1n) is 15.1. The Bertz CT molecular complexity index is 719. The van der Waals surface area contributed by atoms with Gasteiger partial charge in [0.2, 0.25) is 5.91 Å². The Morgan fingerprint density at radius 1 is 0.972 bits per heavy atom. The van der Waals surface area contributed by atoms with E-state index in [1.807, 2.05) is 0 Å². The molecule has 0 saturated heterocycles. The van der Waals surface area contributed by atoms with Crippen LogP contribution in [0.3, 0.4) is 0 Å². The largest absolute Gasteiger partial charge is 0.393 e.